The lowest BCUT2D eigenvalue weighted by molar-refractivity contribution is -0.126. The molecule has 1 unspecified atom stereocenters. The van der Waals surface area contributed by atoms with E-state index >= 15 is 0 Å². The van der Waals surface area contributed by atoms with E-state index in [-0.39, 0.29) is 11.9 Å². The van der Waals surface area contributed by atoms with Crippen LogP contribution in [0.25, 0.3) is 6.08 Å². The molecule has 0 N–H and O–H groups in total. The molecule has 2 aromatic rings. The van der Waals surface area contributed by atoms with Crippen LogP contribution in [-0.2, 0) is 18.9 Å². The number of carbonyl (C=O) groups is 1. The molecule has 1 aliphatic rings. The number of hydrogen-bond donors (Lipinski definition) is 0. The van der Waals surface area contributed by atoms with Gasteiger partial charge >= 0.3 is 5.69 Å². The second-order valence-corrected chi connectivity index (χ2v) is 6.15. The molecule has 1 aliphatic heterocycles. The molecule has 7 heteroatoms. The van der Waals surface area contributed by atoms with Crippen LogP contribution in [0.3, 0.4) is 0 Å². The Bertz CT molecular complexity index is 928. The average molecular weight is 340 g/mol. The zero-order valence-corrected chi connectivity index (χ0v) is 14.3. The molecule has 25 heavy (non-hydrogen) atoms. The molecule has 0 aromatic carbocycles. The van der Waals surface area contributed by atoms with Crippen molar-refractivity contribution in [1.29, 1.82) is 0 Å². The number of rotatable bonds is 3. The summed E-state index contributed by atoms with van der Waals surface area (Å²) in [6.45, 7) is 0.682. The molecule has 3 rings (SSSR count). The third-order valence-electron chi connectivity index (χ3n) is 4.51. The summed E-state index contributed by atoms with van der Waals surface area (Å²) in [6.07, 6.45) is 9.62. The molecule has 1 saturated heterocycles. The summed E-state index contributed by atoms with van der Waals surface area (Å²) in [7, 11) is 2.99. The standard InChI is InChI=1S/C18H20N4O3/c1-20-12-14(17(24)21(2)18(20)25)5-6-16(23)22-11-3-4-15(22)13-7-9-19-10-8-13/h5-10,12,15H,3-4,11H2,1-2H3/b6-5+. The first-order valence-electron chi connectivity index (χ1n) is 8.14. The highest BCUT2D eigenvalue weighted by molar-refractivity contribution is 5.92. The maximum atomic E-state index is 12.6. The Morgan fingerprint density at radius 3 is 2.68 bits per heavy atom. The normalized spacial score (nSPS) is 17.4. The Hall–Kier alpha value is -2.96. The van der Waals surface area contributed by atoms with Crippen LogP contribution in [0.1, 0.15) is 30.0 Å². The highest BCUT2D eigenvalue weighted by Crippen LogP contribution is 2.31. The van der Waals surface area contributed by atoms with Gasteiger partial charge in [-0.15, -0.1) is 0 Å². The molecule has 1 amide bonds. The first-order chi connectivity index (χ1) is 12.0. The molecule has 1 fully saturated rings. The second-order valence-electron chi connectivity index (χ2n) is 6.15. The van der Waals surface area contributed by atoms with Crippen LogP contribution in [0.4, 0.5) is 0 Å². The summed E-state index contributed by atoms with van der Waals surface area (Å²) < 4.78 is 2.35. The number of aromatic nitrogens is 3. The molecule has 0 spiro atoms. The van der Waals surface area contributed by atoms with Crippen LogP contribution in [0.15, 0.2) is 46.4 Å². The van der Waals surface area contributed by atoms with E-state index in [9.17, 15) is 14.4 Å². The summed E-state index contributed by atoms with van der Waals surface area (Å²) in [4.78, 5) is 42.3. The van der Waals surface area contributed by atoms with Gasteiger partial charge in [0.05, 0.1) is 11.6 Å². The number of carbonyl (C=O) groups excluding carboxylic acids is 1. The number of pyridine rings is 1. The minimum absolute atomic E-state index is 0.0307. The van der Waals surface area contributed by atoms with Crippen molar-refractivity contribution in [3.8, 4) is 0 Å². The highest BCUT2D eigenvalue weighted by atomic mass is 16.2. The third-order valence-corrected chi connectivity index (χ3v) is 4.51. The predicted octanol–water partition coefficient (Wildman–Crippen LogP) is 0.856. The molecule has 0 radical (unpaired) electrons. The topological polar surface area (TPSA) is 77.2 Å². The first kappa shape index (κ1) is 16.9. The molecule has 1 atom stereocenters. The zero-order valence-electron chi connectivity index (χ0n) is 14.3. The maximum Gasteiger partial charge on any atom is 0.330 e. The lowest BCUT2D eigenvalue weighted by Gasteiger charge is -2.23. The largest absolute Gasteiger partial charge is 0.332 e. The van der Waals surface area contributed by atoms with Crippen LogP contribution < -0.4 is 11.2 Å². The molecule has 2 aromatic heterocycles. The van der Waals surface area contributed by atoms with Crippen LogP contribution in [-0.4, -0.2) is 31.5 Å². The van der Waals surface area contributed by atoms with E-state index in [0.29, 0.717) is 12.1 Å². The van der Waals surface area contributed by atoms with E-state index in [1.807, 2.05) is 12.1 Å². The van der Waals surface area contributed by atoms with Gasteiger partial charge in [0.1, 0.15) is 0 Å². The number of hydrogen-bond acceptors (Lipinski definition) is 4. The Morgan fingerprint density at radius 2 is 1.96 bits per heavy atom. The van der Waals surface area contributed by atoms with Gasteiger partial charge in [-0.3, -0.25) is 19.1 Å². The van der Waals surface area contributed by atoms with E-state index in [1.165, 1.54) is 30.0 Å². The first-order valence-corrected chi connectivity index (χ1v) is 8.14. The molecule has 0 bridgehead atoms. The van der Waals surface area contributed by atoms with E-state index in [1.54, 1.807) is 24.3 Å². The van der Waals surface area contributed by atoms with Gasteiger partial charge in [0, 0.05) is 45.3 Å². The van der Waals surface area contributed by atoms with Crippen molar-refractivity contribution in [3.05, 3.63) is 68.8 Å². The zero-order chi connectivity index (χ0) is 18.0. The Labute approximate surface area is 144 Å². The number of nitrogens with zero attached hydrogens (tertiary/aromatic N) is 4. The van der Waals surface area contributed by atoms with Crippen LogP contribution >= 0.6 is 0 Å². The van der Waals surface area contributed by atoms with Gasteiger partial charge in [-0.05, 0) is 36.6 Å². The fourth-order valence-electron chi connectivity index (χ4n) is 3.17. The van der Waals surface area contributed by atoms with Gasteiger partial charge in [0.25, 0.3) is 5.56 Å². The van der Waals surface area contributed by atoms with Crippen molar-refractivity contribution in [1.82, 2.24) is 19.0 Å². The van der Waals surface area contributed by atoms with Crippen molar-refractivity contribution in [2.45, 2.75) is 18.9 Å². The van der Waals surface area contributed by atoms with E-state index in [2.05, 4.69) is 4.98 Å². The Balaban J connectivity index is 1.84. The number of likely N-dealkylation sites (tertiary alicyclic amines) is 1. The van der Waals surface area contributed by atoms with Crippen molar-refractivity contribution in [3.63, 3.8) is 0 Å². The smallest absolute Gasteiger partial charge is 0.330 e. The van der Waals surface area contributed by atoms with Crippen molar-refractivity contribution >= 4 is 12.0 Å². The van der Waals surface area contributed by atoms with Gasteiger partial charge < -0.3 is 9.47 Å². The van der Waals surface area contributed by atoms with Gasteiger partial charge in [-0.25, -0.2) is 4.79 Å². The van der Waals surface area contributed by atoms with Crippen molar-refractivity contribution < 1.29 is 4.79 Å². The van der Waals surface area contributed by atoms with Crippen molar-refractivity contribution in [2.24, 2.45) is 14.1 Å². The molecule has 3 heterocycles. The lowest BCUT2D eigenvalue weighted by atomic mass is 10.1. The summed E-state index contributed by atoms with van der Waals surface area (Å²) >= 11 is 0. The monoisotopic (exact) mass is 340 g/mol. The summed E-state index contributed by atoms with van der Waals surface area (Å²) in [5, 5.41) is 0. The molecular weight excluding hydrogens is 320 g/mol. The second kappa shape index (κ2) is 6.88. The number of aryl methyl sites for hydroxylation is 1. The summed E-state index contributed by atoms with van der Waals surface area (Å²) in [6, 6.07) is 3.87. The minimum atomic E-state index is -0.417. The van der Waals surface area contributed by atoms with E-state index in [0.717, 1.165) is 23.0 Å². The SMILES string of the molecule is Cn1cc(/C=C/C(=O)N2CCCC2c2ccncc2)c(=O)n(C)c1=O. The lowest BCUT2D eigenvalue weighted by Crippen LogP contribution is -2.37. The highest BCUT2D eigenvalue weighted by Gasteiger charge is 2.28. The van der Waals surface area contributed by atoms with Gasteiger partial charge in [0.15, 0.2) is 0 Å². The van der Waals surface area contributed by atoms with E-state index in [4.69, 9.17) is 0 Å². The molecular formula is C18H20N4O3. The Kier molecular flexibility index (Phi) is 4.65. The fourth-order valence-corrected chi connectivity index (χ4v) is 3.17. The fraction of sp³-hybridized carbons (Fsp3) is 0.333. The molecule has 0 aliphatic carbocycles. The Morgan fingerprint density at radius 1 is 1.24 bits per heavy atom. The predicted molar refractivity (Wildman–Crippen MR) is 93.9 cm³/mol. The summed E-state index contributed by atoms with van der Waals surface area (Å²) in [5.41, 5.74) is 0.551. The molecule has 0 saturated carbocycles. The van der Waals surface area contributed by atoms with Crippen LogP contribution in [0.2, 0.25) is 0 Å². The maximum absolute atomic E-state index is 12.6. The number of amides is 1. The van der Waals surface area contributed by atoms with Crippen LogP contribution in [0, 0.1) is 0 Å². The van der Waals surface area contributed by atoms with Crippen LogP contribution in [0.5, 0.6) is 0 Å². The van der Waals surface area contributed by atoms with Gasteiger partial charge in [-0.2, -0.15) is 0 Å². The van der Waals surface area contributed by atoms with Gasteiger partial charge in [0.2, 0.25) is 5.91 Å². The summed E-state index contributed by atoms with van der Waals surface area (Å²) in [5.74, 6) is -0.143. The van der Waals surface area contributed by atoms with Gasteiger partial charge in [-0.1, -0.05) is 0 Å². The molecule has 130 valence electrons. The minimum Gasteiger partial charge on any atom is -0.332 e. The van der Waals surface area contributed by atoms with Crippen molar-refractivity contribution in [2.75, 3.05) is 6.54 Å². The quantitative estimate of drug-likeness (QED) is 0.777. The van der Waals surface area contributed by atoms with E-state index < -0.39 is 11.2 Å². The third kappa shape index (κ3) is 3.31. The average Bonchev–Trinajstić information content (AvgIpc) is 3.12. The molecule has 7 nitrogen and oxygen atoms in total.